The second-order valence-corrected chi connectivity index (χ2v) is 5.97. The lowest BCUT2D eigenvalue weighted by atomic mass is 10.1. The minimum Gasteiger partial charge on any atom is -0.455 e. The highest BCUT2D eigenvalue weighted by Crippen LogP contribution is 2.29. The summed E-state index contributed by atoms with van der Waals surface area (Å²) in [5.74, 6) is -0.356. The molecule has 0 spiro atoms. The van der Waals surface area contributed by atoms with E-state index in [-0.39, 0.29) is 6.04 Å². The van der Waals surface area contributed by atoms with Crippen molar-refractivity contribution >= 4 is 17.5 Å². The smallest absolute Gasteiger partial charge is 0.313 e. The van der Waals surface area contributed by atoms with Gasteiger partial charge in [-0.05, 0) is 36.8 Å². The molecule has 136 valence electrons. The molecule has 2 amide bonds. The van der Waals surface area contributed by atoms with E-state index in [1.807, 2.05) is 67.6 Å². The molecule has 0 heterocycles. The minimum atomic E-state index is -0.748. The second-order valence-electron chi connectivity index (χ2n) is 5.97. The largest absolute Gasteiger partial charge is 0.455 e. The molecule has 3 aromatic rings. The van der Waals surface area contributed by atoms with E-state index in [1.54, 1.807) is 24.3 Å². The molecule has 27 heavy (non-hydrogen) atoms. The van der Waals surface area contributed by atoms with E-state index in [0.29, 0.717) is 17.2 Å². The zero-order valence-electron chi connectivity index (χ0n) is 14.9. The highest BCUT2D eigenvalue weighted by molar-refractivity contribution is 6.39. The van der Waals surface area contributed by atoms with Crippen LogP contribution in [0, 0.1) is 0 Å². The van der Waals surface area contributed by atoms with E-state index >= 15 is 0 Å². The lowest BCUT2D eigenvalue weighted by Crippen LogP contribution is -2.36. The van der Waals surface area contributed by atoms with E-state index in [4.69, 9.17) is 4.74 Å². The molecule has 5 heteroatoms. The fourth-order valence-electron chi connectivity index (χ4n) is 2.54. The van der Waals surface area contributed by atoms with Crippen LogP contribution >= 0.6 is 0 Å². The van der Waals surface area contributed by atoms with Gasteiger partial charge in [0.25, 0.3) is 0 Å². The van der Waals surface area contributed by atoms with E-state index in [0.717, 1.165) is 5.56 Å². The van der Waals surface area contributed by atoms with Gasteiger partial charge in [0.1, 0.15) is 5.75 Å². The Labute approximate surface area is 158 Å². The molecule has 0 bridgehead atoms. The normalized spacial score (nSPS) is 11.3. The van der Waals surface area contributed by atoms with Gasteiger partial charge in [-0.3, -0.25) is 9.59 Å². The predicted octanol–water partition coefficient (Wildman–Crippen LogP) is 4.29. The summed E-state index contributed by atoms with van der Waals surface area (Å²) in [6.45, 7) is 1.83. The summed E-state index contributed by atoms with van der Waals surface area (Å²) in [6.07, 6.45) is 0. The molecule has 0 aromatic heterocycles. The number of carbonyl (C=O) groups is 2. The Morgan fingerprint density at radius 2 is 1.37 bits per heavy atom. The molecule has 1 unspecified atom stereocenters. The average Bonchev–Trinajstić information content (AvgIpc) is 2.71. The lowest BCUT2D eigenvalue weighted by molar-refractivity contribution is -0.136. The van der Waals surface area contributed by atoms with E-state index in [1.165, 1.54) is 0 Å². The van der Waals surface area contributed by atoms with Crippen molar-refractivity contribution in [3.63, 3.8) is 0 Å². The van der Waals surface area contributed by atoms with Crippen molar-refractivity contribution in [1.29, 1.82) is 0 Å². The molecular formula is C22H20N2O3. The summed E-state index contributed by atoms with van der Waals surface area (Å²) in [4.78, 5) is 24.5. The van der Waals surface area contributed by atoms with Crippen molar-refractivity contribution in [2.45, 2.75) is 13.0 Å². The number of carbonyl (C=O) groups excluding carboxylic acids is 2. The van der Waals surface area contributed by atoms with Crippen LogP contribution in [-0.4, -0.2) is 11.8 Å². The van der Waals surface area contributed by atoms with Crippen molar-refractivity contribution in [3.8, 4) is 11.5 Å². The molecule has 3 rings (SSSR count). The summed E-state index contributed by atoms with van der Waals surface area (Å²) >= 11 is 0. The summed E-state index contributed by atoms with van der Waals surface area (Å²) in [5, 5.41) is 5.30. The summed E-state index contributed by atoms with van der Waals surface area (Å²) in [7, 11) is 0. The van der Waals surface area contributed by atoms with Gasteiger partial charge in [0.05, 0.1) is 11.7 Å². The molecule has 0 saturated carbocycles. The van der Waals surface area contributed by atoms with Gasteiger partial charge >= 0.3 is 11.8 Å². The minimum absolute atomic E-state index is 0.278. The van der Waals surface area contributed by atoms with Crippen molar-refractivity contribution in [2.75, 3.05) is 5.32 Å². The Kier molecular flexibility index (Phi) is 5.84. The molecule has 3 aromatic carbocycles. The summed E-state index contributed by atoms with van der Waals surface area (Å²) < 4.78 is 5.79. The fourth-order valence-corrected chi connectivity index (χ4v) is 2.54. The molecule has 0 aliphatic rings. The molecule has 2 N–H and O–H groups in total. The maximum atomic E-state index is 12.3. The van der Waals surface area contributed by atoms with Gasteiger partial charge in [-0.1, -0.05) is 60.7 Å². The highest BCUT2D eigenvalue weighted by Gasteiger charge is 2.18. The molecule has 0 aliphatic heterocycles. The van der Waals surface area contributed by atoms with Crippen molar-refractivity contribution < 1.29 is 14.3 Å². The third kappa shape index (κ3) is 4.95. The number of nitrogens with one attached hydrogen (secondary N) is 2. The van der Waals surface area contributed by atoms with Crippen LogP contribution in [0.25, 0.3) is 0 Å². The van der Waals surface area contributed by atoms with Gasteiger partial charge in [0.15, 0.2) is 5.75 Å². The third-order valence-electron chi connectivity index (χ3n) is 3.96. The van der Waals surface area contributed by atoms with Crippen LogP contribution in [0.5, 0.6) is 11.5 Å². The van der Waals surface area contributed by atoms with Gasteiger partial charge in [-0.15, -0.1) is 0 Å². The van der Waals surface area contributed by atoms with Gasteiger partial charge in [-0.2, -0.15) is 0 Å². The topological polar surface area (TPSA) is 67.4 Å². The van der Waals surface area contributed by atoms with Crippen molar-refractivity contribution in [3.05, 3.63) is 90.5 Å². The Hall–Kier alpha value is -3.60. The highest BCUT2D eigenvalue weighted by atomic mass is 16.5. The molecule has 0 radical (unpaired) electrons. The second kappa shape index (κ2) is 8.67. The Morgan fingerprint density at radius 3 is 2.07 bits per heavy atom. The Balaban J connectivity index is 1.66. The first-order valence-corrected chi connectivity index (χ1v) is 8.62. The molecule has 0 aliphatic carbocycles. The van der Waals surface area contributed by atoms with Crippen molar-refractivity contribution in [2.24, 2.45) is 0 Å². The molecule has 0 fully saturated rings. The Bertz CT molecular complexity index is 911. The monoisotopic (exact) mass is 360 g/mol. The van der Waals surface area contributed by atoms with Crippen LogP contribution in [0.2, 0.25) is 0 Å². The number of para-hydroxylation sites is 3. The van der Waals surface area contributed by atoms with Crippen LogP contribution in [0.3, 0.4) is 0 Å². The number of rotatable bonds is 5. The van der Waals surface area contributed by atoms with Gasteiger partial charge in [-0.25, -0.2) is 0 Å². The molecule has 0 saturated heterocycles. The van der Waals surface area contributed by atoms with Gasteiger partial charge < -0.3 is 15.4 Å². The third-order valence-corrected chi connectivity index (χ3v) is 3.96. The SMILES string of the molecule is CC(NC(=O)C(=O)Nc1ccccc1Oc1ccccc1)c1ccccc1. The summed E-state index contributed by atoms with van der Waals surface area (Å²) in [6, 6.07) is 25.4. The Morgan fingerprint density at radius 1 is 0.778 bits per heavy atom. The van der Waals surface area contributed by atoms with E-state index in [2.05, 4.69) is 10.6 Å². The number of amides is 2. The quantitative estimate of drug-likeness (QED) is 0.667. The zero-order valence-corrected chi connectivity index (χ0v) is 14.9. The van der Waals surface area contributed by atoms with Crippen molar-refractivity contribution in [1.82, 2.24) is 5.32 Å². The molecule has 1 atom stereocenters. The van der Waals surface area contributed by atoms with Crippen LogP contribution in [0.1, 0.15) is 18.5 Å². The van der Waals surface area contributed by atoms with Gasteiger partial charge in [0, 0.05) is 0 Å². The standard InChI is InChI=1S/C22H20N2O3/c1-16(17-10-4-2-5-11-17)23-21(25)22(26)24-19-14-8-9-15-20(19)27-18-12-6-3-7-13-18/h2-16H,1H3,(H,23,25)(H,24,26). The van der Waals surface area contributed by atoms with E-state index in [9.17, 15) is 9.59 Å². The van der Waals surface area contributed by atoms with E-state index < -0.39 is 11.8 Å². The number of ether oxygens (including phenoxy) is 1. The maximum absolute atomic E-state index is 12.3. The maximum Gasteiger partial charge on any atom is 0.313 e. The summed E-state index contributed by atoms with van der Waals surface area (Å²) in [5.41, 5.74) is 1.35. The lowest BCUT2D eigenvalue weighted by Gasteiger charge is -2.15. The van der Waals surface area contributed by atoms with Gasteiger partial charge in [0.2, 0.25) is 0 Å². The first kappa shape index (κ1) is 18.2. The first-order chi connectivity index (χ1) is 13.1. The molecule has 5 nitrogen and oxygen atoms in total. The number of anilines is 1. The first-order valence-electron chi connectivity index (χ1n) is 8.62. The predicted molar refractivity (Wildman–Crippen MR) is 105 cm³/mol. The van der Waals surface area contributed by atoms with Crippen LogP contribution in [-0.2, 0) is 9.59 Å². The molecular weight excluding hydrogens is 340 g/mol. The van der Waals surface area contributed by atoms with Crippen LogP contribution < -0.4 is 15.4 Å². The number of hydrogen-bond acceptors (Lipinski definition) is 3. The number of hydrogen-bond donors (Lipinski definition) is 2. The number of benzene rings is 3. The van der Waals surface area contributed by atoms with Crippen LogP contribution in [0.15, 0.2) is 84.9 Å². The van der Waals surface area contributed by atoms with Crippen LogP contribution in [0.4, 0.5) is 5.69 Å². The average molecular weight is 360 g/mol. The zero-order chi connectivity index (χ0) is 19.1. The fraction of sp³-hybridized carbons (Fsp3) is 0.0909.